The van der Waals surface area contributed by atoms with Gasteiger partial charge in [-0.2, -0.15) is 17.5 Å². The summed E-state index contributed by atoms with van der Waals surface area (Å²) in [5, 5.41) is 21.3. The maximum absolute atomic E-state index is 13.2. The first-order chi connectivity index (χ1) is 15.9. The molecule has 3 N–H and O–H groups in total. The van der Waals surface area contributed by atoms with Crippen molar-refractivity contribution in [2.45, 2.75) is 48.8 Å². The number of nitrogens with zero attached hydrogens (tertiary/aromatic N) is 1. The molecule has 1 saturated heterocycles. The Morgan fingerprint density at radius 1 is 1.12 bits per heavy atom. The van der Waals surface area contributed by atoms with Crippen molar-refractivity contribution in [2.24, 2.45) is 0 Å². The van der Waals surface area contributed by atoms with E-state index in [4.69, 9.17) is 0 Å². The number of rotatable bonds is 7. The average molecular weight is 500 g/mol. The summed E-state index contributed by atoms with van der Waals surface area (Å²) in [6.07, 6.45) is -3.88. The maximum Gasteiger partial charge on any atom is 0.416 e. The van der Waals surface area contributed by atoms with Crippen LogP contribution in [0.1, 0.15) is 30.4 Å². The van der Waals surface area contributed by atoms with Gasteiger partial charge in [-0.3, -0.25) is 4.79 Å². The summed E-state index contributed by atoms with van der Waals surface area (Å²) in [6.45, 7) is -0.0909. The van der Waals surface area contributed by atoms with Gasteiger partial charge in [-0.25, -0.2) is 13.2 Å². The molecule has 184 valence electrons. The van der Waals surface area contributed by atoms with E-state index in [-0.39, 0.29) is 25.1 Å². The standard InChI is InChI=1S/C22H23F3N2O6S/c23-22(24,25)15-4-3-5-17(13-15)34(32,33)27-11-2-1-6-19(27)20(29)26-18(21(30)31)12-14-7-9-16(28)10-8-14/h3-5,7-10,13,18-19,28H,1-2,6,11-12H2,(H,26,29)(H,30,31)/t18-,19-/m0/s1. The summed E-state index contributed by atoms with van der Waals surface area (Å²) in [6, 6.07) is 6.33. The van der Waals surface area contributed by atoms with Crippen LogP contribution in [-0.4, -0.2) is 53.4 Å². The molecule has 0 saturated carbocycles. The molecule has 0 aromatic heterocycles. The van der Waals surface area contributed by atoms with Crippen molar-refractivity contribution < 1.29 is 41.4 Å². The lowest BCUT2D eigenvalue weighted by Gasteiger charge is -2.34. The van der Waals surface area contributed by atoms with E-state index in [2.05, 4.69) is 5.32 Å². The molecule has 1 heterocycles. The van der Waals surface area contributed by atoms with Gasteiger partial charge in [0.1, 0.15) is 17.8 Å². The van der Waals surface area contributed by atoms with Gasteiger partial charge < -0.3 is 15.5 Å². The smallest absolute Gasteiger partial charge is 0.416 e. The molecule has 12 heteroatoms. The van der Waals surface area contributed by atoms with Crippen molar-refractivity contribution in [1.29, 1.82) is 0 Å². The third-order valence-electron chi connectivity index (χ3n) is 5.52. The second-order valence-corrected chi connectivity index (χ2v) is 9.81. The number of aromatic hydroxyl groups is 1. The zero-order chi connectivity index (χ0) is 25.1. The summed E-state index contributed by atoms with van der Waals surface area (Å²) in [5.41, 5.74) is -0.617. The van der Waals surface area contributed by atoms with Gasteiger partial charge in [0.2, 0.25) is 15.9 Å². The molecule has 34 heavy (non-hydrogen) atoms. The normalized spacial score (nSPS) is 18.3. The fraction of sp³-hybridized carbons (Fsp3) is 0.364. The number of carbonyl (C=O) groups excluding carboxylic acids is 1. The molecule has 0 radical (unpaired) electrons. The van der Waals surface area contributed by atoms with Crippen molar-refractivity contribution >= 4 is 21.9 Å². The number of hydrogen-bond donors (Lipinski definition) is 3. The molecule has 0 spiro atoms. The Labute approximate surface area is 194 Å². The highest BCUT2D eigenvalue weighted by Crippen LogP contribution is 2.32. The number of sulfonamides is 1. The predicted molar refractivity (Wildman–Crippen MR) is 114 cm³/mol. The highest BCUT2D eigenvalue weighted by molar-refractivity contribution is 7.89. The molecule has 1 amide bonds. The van der Waals surface area contributed by atoms with E-state index in [1.54, 1.807) is 0 Å². The topological polar surface area (TPSA) is 124 Å². The molecule has 0 bridgehead atoms. The first kappa shape index (κ1) is 25.5. The van der Waals surface area contributed by atoms with Gasteiger partial charge in [-0.05, 0) is 48.7 Å². The Morgan fingerprint density at radius 2 is 1.79 bits per heavy atom. The number of benzene rings is 2. The second-order valence-electron chi connectivity index (χ2n) is 7.92. The predicted octanol–water partition coefficient (Wildman–Crippen LogP) is 2.77. The minimum absolute atomic E-state index is 0.0164. The lowest BCUT2D eigenvalue weighted by Crippen LogP contribution is -2.55. The molecule has 0 unspecified atom stereocenters. The molecule has 2 aromatic rings. The number of phenolic OH excluding ortho intramolecular Hbond substituents is 1. The zero-order valence-electron chi connectivity index (χ0n) is 17.8. The van der Waals surface area contributed by atoms with Crippen LogP contribution in [0, 0.1) is 0 Å². The Bertz CT molecular complexity index is 1150. The molecule has 1 aliphatic rings. The molecule has 1 aliphatic heterocycles. The van der Waals surface area contributed by atoms with Crippen molar-refractivity contribution in [3.05, 3.63) is 59.7 Å². The Kier molecular flexibility index (Phi) is 7.51. The summed E-state index contributed by atoms with van der Waals surface area (Å²) in [5.74, 6) is -2.21. The van der Waals surface area contributed by atoms with Crippen LogP contribution in [0.25, 0.3) is 0 Å². The van der Waals surface area contributed by atoms with Crippen LogP contribution in [0.2, 0.25) is 0 Å². The minimum Gasteiger partial charge on any atom is -0.508 e. The lowest BCUT2D eigenvalue weighted by atomic mass is 10.0. The molecule has 1 fully saturated rings. The van der Waals surface area contributed by atoms with Gasteiger partial charge in [-0.15, -0.1) is 0 Å². The van der Waals surface area contributed by atoms with Crippen LogP contribution in [0.15, 0.2) is 53.4 Å². The Morgan fingerprint density at radius 3 is 2.41 bits per heavy atom. The van der Waals surface area contributed by atoms with Gasteiger partial charge in [-0.1, -0.05) is 24.6 Å². The summed E-state index contributed by atoms with van der Waals surface area (Å²) in [4.78, 5) is 24.1. The van der Waals surface area contributed by atoms with E-state index in [0.29, 0.717) is 24.5 Å². The van der Waals surface area contributed by atoms with Crippen LogP contribution in [0.4, 0.5) is 13.2 Å². The van der Waals surface area contributed by atoms with E-state index < -0.39 is 50.6 Å². The quantitative estimate of drug-likeness (QED) is 0.537. The maximum atomic E-state index is 13.2. The number of aliphatic carboxylic acids is 1. The van der Waals surface area contributed by atoms with Crippen LogP contribution in [0.5, 0.6) is 5.75 Å². The number of carbonyl (C=O) groups is 2. The van der Waals surface area contributed by atoms with E-state index in [0.717, 1.165) is 22.5 Å². The first-order valence-corrected chi connectivity index (χ1v) is 11.8. The van der Waals surface area contributed by atoms with Crippen molar-refractivity contribution in [1.82, 2.24) is 9.62 Å². The van der Waals surface area contributed by atoms with Crippen molar-refractivity contribution in [3.8, 4) is 5.75 Å². The molecule has 2 atom stereocenters. The van der Waals surface area contributed by atoms with Crippen molar-refractivity contribution in [3.63, 3.8) is 0 Å². The monoisotopic (exact) mass is 500 g/mol. The first-order valence-electron chi connectivity index (χ1n) is 10.4. The largest absolute Gasteiger partial charge is 0.508 e. The number of carboxylic acids is 1. The average Bonchev–Trinajstić information content (AvgIpc) is 2.79. The Balaban J connectivity index is 1.83. The van der Waals surface area contributed by atoms with Gasteiger partial charge in [0.25, 0.3) is 0 Å². The fourth-order valence-corrected chi connectivity index (χ4v) is 5.46. The highest BCUT2D eigenvalue weighted by atomic mass is 32.2. The minimum atomic E-state index is -4.74. The number of carboxylic acid groups (broad SMARTS) is 1. The molecular weight excluding hydrogens is 477 g/mol. The SMILES string of the molecule is O=C(O)[C@H](Cc1ccc(O)cc1)NC(=O)[C@@H]1CCCCN1S(=O)(=O)c1cccc(C(F)(F)F)c1. The molecular formula is C22H23F3N2O6S. The third kappa shape index (κ3) is 5.86. The van der Waals surface area contributed by atoms with Crippen LogP contribution in [0.3, 0.4) is 0 Å². The van der Waals surface area contributed by atoms with Crippen LogP contribution in [-0.2, 0) is 32.2 Å². The summed E-state index contributed by atoms with van der Waals surface area (Å²) >= 11 is 0. The molecule has 3 rings (SSSR count). The third-order valence-corrected chi connectivity index (χ3v) is 7.42. The number of phenols is 1. The highest BCUT2D eigenvalue weighted by Gasteiger charge is 2.40. The second kappa shape index (κ2) is 10.0. The number of hydrogen-bond acceptors (Lipinski definition) is 5. The van der Waals surface area contributed by atoms with E-state index in [1.165, 1.54) is 24.3 Å². The Hall–Kier alpha value is -3.12. The van der Waals surface area contributed by atoms with E-state index >= 15 is 0 Å². The van der Waals surface area contributed by atoms with E-state index in [9.17, 15) is 41.4 Å². The van der Waals surface area contributed by atoms with Gasteiger partial charge >= 0.3 is 12.1 Å². The van der Waals surface area contributed by atoms with Gasteiger partial charge in [0, 0.05) is 13.0 Å². The van der Waals surface area contributed by atoms with Crippen LogP contribution >= 0.6 is 0 Å². The number of piperidine rings is 1. The van der Waals surface area contributed by atoms with E-state index in [1.807, 2.05) is 0 Å². The summed E-state index contributed by atoms with van der Waals surface area (Å²) < 4.78 is 66.4. The number of alkyl halides is 3. The van der Waals surface area contributed by atoms with Crippen molar-refractivity contribution in [2.75, 3.05) is 6.54 Å². The fourth-order valence-electron chi connectivity index (χ4n) is 3.76. The number of halogens is 3. The molecule has 8 nitrogen and oxygen atoms in total. The summed E-state index contributed by atoms with van der Waals surface area (Å²) in [7, 11) is -4.46. The zero-order valence-corrected chi connectivity index (χ0v) is 18.6. The van der Waals surface area contributed by atoms with Crippen LogP contribution < -0.4 is 5.32 Å². The molecule has 2 aromatic carbocycles. The lowest BCUT2D eigenvalue weighted by molar-refractivity contribution is -0.142. The molecule has 0 aliphatic carbocycles. The number of nitrogens with one attached hydrogen (secondary N) is 1. The number of amides is 1. The van der Waals surface area contributed by atoms with Gasteiger partial charge in [0.15, 0.2) is 0 Å². The van der Waals surface area contributed by atoms with Gasteiger partial charge in [0.05, 0.1) is 10.5 Å².